The molecular formula is C19H28N2. The van der Waals surface area contributed by atoms with Gasteiger partial charge < -0.3 is 11.1 Å². The first kappa shape index (κ1) is 13.5. The second-order valence-electron chi connectivity index (χ2n) is 9.11. The molecule has 21 heavy (non-hydrogen) atoms. The molecule has 1 aromatic rings. The zero-order valence-corrected chi connectivity index (χ0v) is 13.6. The third-order valence-electron chi connectivity index (χ3n) is 6.29. The minimum atomic E-state index is 0.307. The van der Waals surface area contributed by atoms with Gasteiger partial charge >= 0.3 is 0 Å². The van der Waals surface area contributed by atoms with Crippen LogP contribution in [0.25, 0.3) is 0 Å². The Morgan fingerprint density at radius 2 is 1.71 bits per heavy atom. The predicted molar refractivity (Wildman–Crippen MR) is 89.4 cm³/mol. The van der Waals surface area contributed by atoms with Crippen LogP contribution >= 0.6 is 0 Å². The van der Waals surface area contributed by atoms with Gasteiger partial charge in [0.2, 0.25) is 0 Å². The maximum Gasteiger partial charge on any atom is 0.0394 e. The number of nitrogen functional groups attached to an aromatic ring is 1. The molecule has 1 aromatic carbocycles. The van der Waals surface area contributed by atoms with E-state index in [1.54, 1.807) is 0 Å². The van der Waals surface area contributed by atoms with E-state index < -0.39 is 0 Å². The van der Waals surface area contributed by atoms with E-state index in [0.29, 0.717) is 16.4 Å². The van der Waals surface area contributed by atoms with Crippen molar-refractivity contribution in [1.82, 2.24) is 0 Å². The molecule has 0 aromatic heterocycles. The van der Waals surface area contributed by atoms with Crippen LogP contribution < -0.4 is 11.1 Å². The molecule has 4 saturated carbocycles. The fourth-order valence-electron chi connectivity index (χ4n) is 6.65. The van der Waals surface area contributed by atoms with Gasteiger partial charge in [-0.05, 0) is 79.9 Å². The lowest BCUT2D eigenvalue weighted by atomic mass is 9.42. The molecule has 5 rings (SSSR count). The van der Waals surface area contributed by atoms with Gasteiger partial charge in [0.05, 0.1) is 0 Å². The number of hydrogen-bond acceptors (Lipinski definition) is 2. The van der Waals surface area contributed by atoms with E-state index in [1.807, 2.05) is 6.07 Å². The molecule has 0 radical (unpaired) electrons. The van der Waals surface area contributed by atoms with E-state index >= 15 is 0 Å². The smallest absolute Gasteiger partial charge is 0.0394 e. The quantitative estimate of drug-likeness (QED) is 0.770. The largest absolute Gasteiger partial charge is 0.399 e. The average molecular weight is 284 g/mol. The molecule has 4 fully saturated rings. The molecule has 3 N–H and O–H groups in total. The Morgan fingerprint density at radius 1 is 1.05 bits per heavy atom. The van der Waals surface area contributed by atoms with Crippen LogP contribution in [0.5, 0.6) is 0 Å². The summed E-state index contributed by atoms with van der Waals surface area (Å²) in [5.74, 6) is 0.921. The van der Waals surface area contributed by atoms with Crippen LogP contribution in [-0.2, 0) is 0 Å². The van der Waals surface area contributed by atoms with Gasteiger partial charge in [-0.2, -0.15) is 0 Å². The van der Waals surface area contributed by atoms with E-state index in [-0.39, 0.29) is 0 Å². The minimum absolute atomic E-state index is 0.307. The summed E-state index contributed by atoms with van der Waals surface area (Å²) in [6.45, 7) is 7.24. The number of aryl methyl sites for hydroxylation is 1. The van der Waals surface area contributed by atoms with Crippen molar-refractivity contribution in [2.45, 2.75) is 64.8 Å². The first-order valence-corrected chi connectivity index (χ1v) is 8.43. The number of anilines is 2. The lowest BCUT2D eigenvalue weighted by molar-refractivity contribution is -0.0973. The number of rotatable bonds is 2. The van der Waals surface area contributed by atoms with Crippen molar-refractivity contribution in [2.24, 2.45) is 16.7 Å². The van der Waals surface area contributed by atoms with Gasteiger partial charge in [-0.15, -0.1) is 0 Å². The predicted octanol–water partition coefficient (Wildman–Crippen LogP) is 4.74. The topological polar surface area (TPSA) is 38.0 Å². The molecule has 0 aliphatic heterocycles. The van der Waals surface area contributed by atoms with Crippen LogP contribution in [0, 0.1) is 23.7 Å². The maximum atomic E-state index is 6.01. The van der Waals surface area contributed by atoms with Gasteiger partial charge in [0, 0.05) is 16.9 Å². The summed E-state index contributed by atoms with van der Waals surface area (Å²) in [4.78, 5) is 0. The molecule has 2 nitrogen and oxygen atoms in total. The first-order chi connectivity index (χ1) is 9.79. The second kappa shape index (κ2) is 3.97. The van der Waals surface area contributed by atoms with Crippen molar-refractivity contribution in [3.8, 4) is 0 Å². The Bertz CT molecular complexity index is 573. The number of benzene rings is 1. The molecule has 4 aliphatic carbocycles. The number of nitrogens with two attached hydrogens (primary N) is 1. The summed E-state index contributed by atoms with van der Waals surface area (Å²) in [7, 11) is 0. The monoisotopic (exact) mass is 284 g/mol. The van der Waals surface area contributed by atoms with Gasteiger partial charge in [-0.25, -0.2) is 0 Å². The molecule has 0 saturated heterocycles. The zero-order chi connectivity index (χ0) is 14.9. The molecule has 0 amide bonds. The van der Waals surface area contributed by atoms with Crippen LogP contribution in [-0.4, -0.2) is 5.54 Å². The Morgan fingerprint density at radius 3 is 2.33 bits per heavy atom. The van der Waals surface area contributed by atoms with E-state index in [4.69, 9.17) is 5.73 Å². The molecular weight excluding hydrogens is 256 g/mol. The second-order valence-corrected chi connectivity index (χ2v) is 9.11. The third kappa shape index (κ3) is 2.15. The minimum Gasteiger partial charge on any atom is -0.399 e. The summed E-state index contributed by atoms with van der Waals surface area (Å²) in [5, 5.41) is 3.97. The Labute approximate surface area is 128 Å². The summed E-state index contributed by atoms with van der Waals surface area (Å²) in [6, 6.07) is 6.27. The Kier molecular flexibility index (Phi) is 2.55. The maximum absolute atomic E-state index is 6.01. The highest BCUT2D eigenvalue weighted by atomic mass is 15.0. The van der Waals surface area contributed by atoms with Crippen molar-refractivity contribution in [3.63, 3.8) is 0 Å². The molecule has 4 bridgehead atoms. The highest BCUT2D eigenvalue weighted by Crippen LogP contribution is 2.66. The molecule has 2 atom stereocenters. The molecule has 2 unspecified atom stereocenters. The van der Waals surface area contributed by atoms with Crippen molar-refractivity contribution < 1.29 is 0 Å². The fraction of sp³-hybridized carbons (Fsp3) is 0.684. The number of hydrogen-bond donors (Lipinski definition) is 2. The Hall–Kier alpha value is -1.18. The van der Waals surface area contributed by atoms with Gasteiger partial charge in [0.1, 0.15) is 0 Å². The molecule has 2 heteroatoms. The van der Waals surface area contributed by atoms with E-state index in [1.165, 1.54) is 49.8 Å². The third-order valence-corrected chi connectivity index (χ3v) is 6.29. The van der Waals surface area contributed by atoms with Crippen molar-refractivity contribution in [3.05, 3.63) is 23.8 Å². The molecule has 0 spiro atoms. The summed E-state index contributed by atoms with van der Waals surface area (Å²) < 4.78 is 0. The average Bonchev–Trinajstić information content (AvgIpc) is 2.28. The lowest BCUT2D eigenvalue weighted by Crippen LogP contribution is -2.61. The Balaban J connectivity index is 1.70. The van der Waals surface area contributed by atoms with E-state index in [2.05, 4.69) is 38.2 Å². The first-order valence-electron chi connectivity index (χ1n) is 8.43. The highest BCUT2D eigenvalue weighted by molar-refractivity contribution is 5.60. The van der Waals surface area contributed by atoms with Crippen LogP contribution in [0.1, 0.15) is 57.9 Å². The van der Waals surface area contributed by atoms with E-state index in [0.717, 1.165) is 11.6 Å². The van der Waals surface area contributed by atoms with Crippen LogP contribution in [0.2, 0.25) is 0 Å². The van der Waals surface area contributed by atoms with Crippen LogP contribution in [0.3, 0.4) is 0 Å². The van der Waals surface area contributed by atoms with Gasteiger partial charge in [-0.1, -0.05) is 19.9 Å². The van der Waals surface area contributed by atoms with Gasteiger partial charge in [0.25, 0.3) is 0 Å². The van der Waals surface area contributed by atoms with Crippen molar-refractivity contribution in [1.29, 1.82) is 0 Å². The van der Waals surface area contributed by atoms with Crippen molar-refractivity contribution >= 4 is 11.4 Å². The highest BCUT2D eigenvalue weighted by Gasteiger charge is 2.60. The summed E-state index contributed by atoms with van der Waals surface area (Å²) in [6.07, 6.45) is 8.34. The van der Waals surface area contributed by atoms with Gasteiger partial charge in [0.15, 0.2) is 0 Å². The summed E-state index contributed by atoms with van der Waals surface area (Å²) in [5.41, 5.74) is 10.9. The SMILES string of the molecule is Cc1ccc(N)cc1NC12CC3CC(C)(CC(C)(C3)C1)C2. The molecule has 114 valence electrons. The van der Waals surface area contributed by atoms with Crippen LogP contribution in [0.4, 0.5) is 11.4 Å². The molecule has 0 heterocycles. The van der Waals surface area contributed by atoms with Crippen LogP contribution in [0.15, 0.2) is 18.2 Å². The standard InChI is InChI=1S/C19H28N2/c1-13-4-5-15(20)6-16(13)21-19-9-14-7-17(2,11-19)10-18(3,8-14)12-19/h4-6,14,21H,7-12,20H2,1-3H3. The van der Waals surface area contributed by atoms with Gasteiger partial charge in [-0.3, -0.25) is 0 Å². The summed E-state index contributed by atoms with van der Waals surface area (Å²) >= 11 is 0. The lowest BCUT2D eigenvalue weighted by Gasteiger charge is -2.65. The zero-order valence-electron chi connectivity index (χ0n) is 13.6. The number of nitrogens with one attached hydrogen (secondary N) is 1. The molecule has 4 aliphatic rings. The fourth-order valence-corrected chi connectivity index (χ4v) is 6.65. The van der Waals surface area contributed by atoms with E-state index in [9.17, 15) is 0 Å². The normalized spacial score (nSPS) is 44.0. The van der Waals surface area contributed by atoms with Crippen molar-refractivity contribution in [2.75, 3.05) is 11.1 Å².